The SMILES string of the molecule is NC(=O)c1cn(CC(O)CCCc2cccc3ccc(Cl)cc23)cn1. The number of aryl methyl sites for hydroxylation is 1. The highest BCUT2D eigenvalue weighted by atomic mass is 35.5. The molecule has 0 saturated carbocycles. The van der Waals surface area contributed by atoms with Crippen molar-refractivity contribution in [3.8, 4) is 0 Å². The number of aromatic nitrogens is 2. The molecule has 3 aromatic rings. The molecule has 5 nitrogen and oxygen atoms in total. The molecular weight excluding hydrogens is 338 g/mol. The summed E-state index contributed by atoms with van der Waals surface area (Å²) in [6.45, 7) is 0.391. The summed E-state index contributed by atoms with van der Waals surface area (Å²) >= 11 is 6.11. The summed E-state index contributed by atoms with van der Waals surface area (Å²) in [6.07, 6.45) is 4.93. The van der Waals surface area contributed by atoms with Crippen molar-refractivity contribution in [1.82, 2.24) is 9.55 Å². The van der Waals surface area contributed by atoms with Crippen LogP contribution in [0.5, 0.6) is 0 Å². The Kier molecular flexibility index (Phi) is 5.36. The summed E-state index contributed by atoms with van der Waals surface area (Å²) in [7, 11) is 0. The number of aliphatic hydroxyl groups excluding tert-OH is 1. The van der Waals surface area contributed by atoms with E-state index >= 15 is 0 Å². The van der Waals surface area contributed by atoms with Crippen molar-refractivity contribution < 1.29 is 9.90 Å². The maximum absolute atomic E-state index is 11.0. The number of fused-ring (bicyclic) bond motifs is 1. The molecule has 0 fully saturated rings. The van der Waals surface area contributed by atoms with Crippen molar-refractivity contribution in [3.63, 3.8) is 0 Å². The van der Waals surface area contributed by atoms with E-state index < -0.39 is 12.0 Å². The van der Waals surface area contributed by atoms with Gasteiger partial charge < -0.3 is 15.4 Å². The summed E-state index contributed by atoms with van der Waals surface area (Å²) < 4.78 is 1.68. The van der Waals surface area contributed by atoms with Gasteiger partial charge >= 0.3 is 0 Å². The topological polar surface area (TPSA) is 81.1 Å². The molecule has 1 unspecified atom stereocenters. The van der Waals surface area contributed by atoms with E-state index in [1.807, 2.05) is 24.3 Å². The van der Waals surface area contributed by atoms with Gasteiger partial charge in [0.25, 0.3) is 5.91 Å². The van der Waals surface area contributed by atoms with Crippen LogP contribution in [0, 0.1) is 0 Å². The van der Waals surface area contributed by atoms with E-state index in [2.05, 4.69) is 17.1 Å². The number of hydrogen-bond donors (Lipinski definition) is 2. The Labute approximate surface area is 151 Å². The second-order valence-corrected chi connectivity index (χ2v) is 6.59. The molecule has 3 N–H and O–H groups in total. The second kappa shape index (κ2) is 7.68. The number of nitrogens with two attached hydrogens (primary N) is 1. The molecule has 1 aromatic heterocycles. The van der Waals surface area contributed by atoms with E-state index in [1.54, 1.807) is 10.8 Å². The number of primary amides is 1. The zero-order chi connectivity index (χ0) is 17.8. The van der Waals surface area contributed by atoms with E-state index in [0.29, 0.717) is 13.0 Å². The second-order valence-electron chi connectivity index (χ2n) is 6.15. The van der Waals surface area contributed by atoms with Gasteiger partial charge in [-0.1, -0.05) is 35.9 Å². The molecule has 0 bridgehead atoms. The molecule has 0 radical (unpaired) electrons. The summed E-state index contributed by atoms with van der Waals surface area (Å²) in [5, 5.41) is 13.3. The average Bonchev–Trinajstić information content (AvgIpc) is 3.04. The van der Waals surface area contributed by atoms with Crippen LogP contribution in [0.25, 0.3) is 10.8 Å². The van der Waals surface area contributed by atoms with Gasteiger partial charge in [0.05, 0.1) is 12.4 Å². The Hall–Kier alpha value is -2.37. The zero-order valence-electron chi connectivity index (χ0n) is 13.7. The molecule has 3 rings (SSSR count). The lowest BCUT2D eigenvalue weighted by Gasteiger charge is -2.12. The third-order valence-corrected chi connectivity index (χ3v) is 4.46. The molecule has 130 valence electrons. The van der Waals surface area contributed by atoms with Gasteiger partial charge in [0.2, 0.25) is 0 Å². The quantitative estimate of drug-likeness (QED) is 0.681. The Morgan fingerprint density at radius 1 is 1.32 bits per heavy atom. The maximum Gasteiger partial charge on any atom is 0.268 e. The van der Waals surface area contributed by atoms with E-state index in [0.717, 1.165) is 23.3 Å². The molecule has 0 aliphatic rings. The number of nitrogens with zero attached hydrogens (tertiary/aromatic N) is 2. The first-order chi connectivity index (χ1) is 12.0. The first-order valence-electron chi connectivity index (χ1n) is 8.20. The third kappa shape index (κ3) is 4.38. The van der Waals surface area contributed by atoms with Crippen molar-refractivity contribution in [1.29, 1.82) is 0 Å². The highest BCUT2D eigenvalue weighted by Gasteiger charge is 2.09. The van der Waals surface area contributed by atoms with Gasteiger partial charge in [-0.2, -0.15) is 0 Å². The number of rotatable bonds is 7. The van der Waals surface area contributed by atoms with E-state index in [1.165, 1.54) is 17.3 Å². The predicted octanol–water partition coefficient (Wildman–Crippen LogP) is 3.17. The minimum absolute atomic E-state index is 0.208. The largest absolute Gasteiger partial charge is 0.391 e. The van der Waals surface area contributed by atoms with Crippen LogP contribution in [0.2, 0.25) is 5.02 Å². The molecule has 0 spiro atoms. The first-order valence-corrected chi connectivity index (χ1v) is 8.57. The number of halogens is 1. The number of imidazole rings is 1. The van der Waals surface area contributed by atoms with Crippen LogP contribution in [0.15, 0.2) is 48.9 Å². The summed E-state index contributed by atoms with van der Waals surface area (Å²) in [4.78, 5) is 14.9. The highest BCUT2D eigenvalue weighted by Crippen LogP contribution is 2.24. The molecule has 2 aromatic carbocycles. The fraction of sp³-hybridized carbons (Fsp3) is 0.263. The van der Waals surface area contributed by atoms with Gasteiger partial charge in [-0.05, 0) is 47.7 Å². The molecular formula is C19H20ClN3O2. The maximum atomic E-state index is 11.0. The van der Waals surface area contributed by atoms with Crippen molar-refractivity contribution in [2.45, 2.75) is 31.9 Å². The highest BCUT2D eigenvalue weighted by molar-refractivity contribution is 6.31. The fourth-order valence-corrected chi connectivity index (χ4v) is 3.15. The lowest BCUT2D eigenvalue weighted by Crippen LogP contribution is -2.15. The number of aliphatic hydroxyl groups is 1. The van der Waals surface area contributed by atoms with Gasteiger partial charge in [-0.15, -0.1) is 0 Å². The molecule has 1 atom stereocenters. The van der Waals surface area contributed by atoms with Crippen LogP contribution in [0.4, 0.5) is 0 Å². The minimum atomic E-state index is -0.567. The van der Waals surface area contributed by atoms with Gasteiger partial charge in [0, 0.05) is 17.8 Å². The zero-order valence-corrected chi connectivity index (χ0v) is 14.5. The van der Waals surface area contributed by atoms with Crippen molar-refractivity contribution in [3.05, 3.63) is 65.2 Å². The van der Waals surface area contributed by atoms with Crippen molar-refractivity contribution in [2.75, 3.05) is 0 Å². The normalized spacial score (nSPS) is 12.4. The smallest absolute Gasteiger partial charge is 0.268 e. The first kappa shape index (κ1) is 17.5. The summed E-state index contributed by atoms with van der Waals surface area (Å²) in [6, 6.07) is 12.1. The van der Waals surface area contributed by atoms with Crippen LogP contribution in [-0.2, 0) is 13.0 Å². The molecule has 0 aliphatic carbocycles. The Balaban J connectivity index is 1.57. The van der Waals surface area contributed by atoms with Gasteiger partial charge in [0.15, 0.2) is 0 Å². The van der Waals surface area contributed by atoms with Crippen molar-refractivity contribution >= 4 is 28.3 Å². The molecule has 0 aliphatic heterocycles. The third-order valence-electron chi connectivity index (χ3n) is 4.23. The standard InChI is InChI=1S/C19H20ClN3O2/c20-15-8-7-14-4-1-3-13(17(14)9-15)5-2-6-16(24)10-23-11-18(19(21)25)22-12-23/h1,3-4,7-9,11-12,16,24H,2,5-6,10H2,(H2,21,25). The van der Waals surface area contributed by atoms with Gasteiger partial charge in [0.1, 0.15) is 5.69 Å². The summed E-state index contributed by atoms with van der Waals surface area (Å²) in [5.41, 5.74) is 6.61. The van der Waals surface area contributed by atoms with E-state index in [9.17, 15) is 9.90 Å². The molecule has 0 saturated heterocycles. The number of carbonyl (C=O) groups is 1. The van der Waals surface area contributed by atoms with Crippen LogP contribution in [-0.4, -0.2) is 26.7 Å². The van der Waals surface area contributed by atoms with Crippen LogP contribution >= 0.6 is 11.6 Å². The number of carbonyl (C=O) groups excluding carboxylic acids is 1. The lowest BCUT2D eigenvalue weighted by atomic mass is 9.99. The monoisotopic (exact) mass is 357 g/mol. The molecule has 1 heterocycles. The van der Waals surface area contributed by atoms with Crippen LogP contribution < -0.4 is 5.73 Å². The molecule has 1 amide bonds. The molecule has 6 heteroatoms. The van der Waals surface area contributed by atoms with E-state index in [-0.39, 0.29) is 5.69 Å². The minimum Gasteiger partial charge on any atom is -0.391 e. The number of hydrogen-bond acceptors (Lipinski definition) is 3. The fourth-order valence-electron chi connectivity index (χ4n) is 2.98. The average molecular weight is 358 g/mol. The summed E-state index contributed by atoms with van der Waals surface area (Å²) in [5.74, 6) is -0.567. The van der Waals surface area contributed by atoms with Crippen molar-refractivity contribution in [2.24, 2.45) is 5.73 Å². The Bertz CT molecular complexity index is 891. The van der Waals surface area contributed by atoms with Crippen LogP contribution in [0.3, 0.4) is 0 Å². The Morgan fingerprint density at radius 3 is 2.92 bits per heavy atom. The number of amides is 1. The Morgan fingerprint density at radius 2 is 2.16 bits per heavy atom. The van der Waals surface area contributed by atoms with Crippen LogP contribution in [0.1, 0.15) is 28.9 Å². The van der Waals surface area contributed by atoms with E-state index in [4.69, 9.17) is 17.3 Å². The van der Waals surface area contributed by atoms with Gasteiger partial charge in [-0.3, -0.25) is 4.79 Å². The molecule has 25 heavy (non-hydrogen) atoms. The van der Waals surface area contributed by atoms with Gasteiger partial charge in [-0.25, -0.2) is 4.98 Å². The number of benzene rings is 2. The lowest BCUT2D eigenvalue weighted by molar-refractivity contribution is 0.0995. The predicted molar refractivity (Wildman–Crippen MR) is 98.6 cm³/mol.